The maximum absolute atomic E-state index is 4.42. The average Bonchev–Trinajstić information content (AvgIpc) is 2.40. The molecule has 0 aliphatic rings. The van der Waals surface area contributed by atoms with Gasteiger partial charge in [0.2, 0.25) is 0 Å². The summed E-state index contributed by atoms with van der Waals surface area (Å²) in [5.41, 5.74) is 3.49. The molecule has 18 heavy (non-hydrogen) atoms. The Kier molecular flexibility index (Phi) is 4.07. The Bertz CT molecular complexity index is 501. The van der Waals surface area contributed by atoms with Crippen molar-refractivity contribution in [1.29, 1.82) is 0 Å². The molecule has 0 aliphatic heterocycles. The van der Waals surface area contributed by atoms with E-state index < -0.39 is 0 Å². The molecule has 3 nitrogen and oxygen atoms in total. The molecule has 1 heterocycles. The fraction of sp³-hybridized carbons (Fsp3) is 0.200. The molecule has 0 spiro atoms. The van der Waals surface area contributed by atoms with E-state index in [0.29, 0.717) is 6.54 Å². The first kappa shape index (κ1) is 12.3. The number of nitrogens with zero attached hydrogens (tertiary/aromatic N) is 3. The number of aromatic nitrogens is 1. The minimum Gasteiger partial charge on any atom is -0.378 e. The highest BCUT2D eigenvalue weighted by Gasteiger charge is 1.94. The lowest BCUT2D eigenvalue weighted by Gasteiger charge is -2.11. The largest absolute Gasteiger partial charge is 0.378 e. The van der Waals surface area contributed by atoms with Crippen LogP contribution in [0.2, 0.25) is 0 Å². The van der Waals surface area contributed by atoms with Crippen LogP contribution in [-0.4, -0.2) is 25.3 Å². The molecular weight excluding hydrogens is 222 g/mol. The molecule has 3 heteroatoms. The Labute approximate surface area is 108 Å². The summed E-state index contributed by atoms with van der Waals surface area (Å²) >= 11 is 0. The molecule has 1 aromatic heterocycles. The fourth-order valence-corrected chi connectivity index (χ4v) is 1.60. The van der Waals surface area contributed by atoms with Crippen LogP contribution in [-0.2, 0) is 6.54 Å². The van der Waals surface area contributed by atoms with E-state index in [2.05, 4.69) is 39.1 Å². The summed E-state index contributed by atoms with van der Waals surface area (Å²) in [7, 11) is 4.07. The van der Waals surface area contributed by atoms with Crippen molar-refractivity contribution in [3.8, 4) is 0 Å². The van der Waals surface area contributed by atoms with Crippen LogP contribution in [0.4, 0.5) is 5.69 Å². The van der Waals surface area contributed by atoms with Gasteiger partial charge in [0, 0.05) is 38.4 Å². The Morgan fingerprint density at radius 3 is 2.33 bits per heavy atom. The summed E-state index contributed by atoms with van der Waals surface area (Å²) in [5, 5.41) is 0. The van der Waals surface area contributed by atoms with E-state index in [9.17, 15) is 0 Å². The first-order valence-corrected chi connectivity index (χ1v) is 5.92. The zero-order valence-corrected chi connectivity index (χ0v) is 10.7. The SMILES string of the molecule is CN(C)c1ccc(C=NCc2ccncc2)cc1. The minimum atomic E-state index is 0.692. The molecule has 0 saturated heterocycles. The predicted octanol–water partition coefficient (Wildman–Crippen LogP) is 2.77. The molecule has 92 valence electrons. The lowest BCUT2D eigenvalue weighted by Crippen LogP contribution is -2.08. The topological polar surface area (TPSA) is 28.5 Å². The van der Waals surface area contributed by atoms with Crippen molar-refractivity contribution < 1.29 is 0 Å². The summed E-state index contributed by atoms with van der Waals surface area (Å²) in [5.74, 6) is 0. The van der Waals surface area contributed by atoms with Crippen molar-refractivity contribution in [3.63, 3.8) is 0 Å². The van der Waals surface area contributed by atoms with E-state index in [1.807, 2.05) is 32.4 Å². The Morgan fingerprint density at radius 1 is 1.06 bits per heavy atom. The van der Waals surface area contributed by atoms with E-state index in [4.69, 9.17) is 0 Å². The molecule has 2 rings (SSSR count). The van der Waals surface area contributed by atoms with E-state index in [0.717, 1.165) is 5.56 Å². The third-order valence-corrected chi connectivity index (χ3v) is 2.67. The lowest BCUT2D eigenvalue weighted by atomic mass is 10.2. The van der Waals surface area contributed by atoms with Gasteiger partial charge in [0.15, 0.2) is 0 Å². The first-order chi connectivity index (χ1) is 8.75. The van der Waals surface area contributed by atoms with Crippen LogP contribution in [0.15, 0.2) is 53.8 Å². The standard InChI is InChI=1S/C15H17N3/c1-18(2)15-5-3-13(4-6-15)11-17-12-14-7-9-16-10-8-14/h3-11H,12H2,1-2H3. The van der Waals surface area contributed by atoms with Gasteiger partial charge in [-0.25, -0.2) is 0 Å². The maximum atomic E-state index is 4.42. The minimum absolute atomic E-state index is 0.692. The van der Waals surface area contributed by atoms with Crippen LogP contribution >= 0.6 is 0 Å². The van der Waals surface area contributed by atoms with E-state index >= 15 is 0 Å². The molecule has 0 radical (unpaired) electrons. The summed E-state index contributed by atoms with van der Waals surface area (Å²) in [6.07, 6.45) is 5.48. The highest BCUT2D eigenvalue weighted by molar-refractivity contribution is 5.80. The number of anilines is 1. The molecule has 0 unspecified atom stereocenters. The van der Waals surface area contributed by atoms with Gasteiger partial charge in [-0.05, 0) is 35.4 Å². The second-order valence-corrected chi connectivity index (χ2v) is 4.31. The second-order valence-electron chi connectivity index (χ2n) is 4.31. The van der Waals surface area contributed by atoms with E-state index in [-0.39, 0.29) is 0 Å². The lowest BCUT2D eigenvalue weighted by molar-refractivity contribution is 1.06. The van der Waals surface area contributed by atoms with Gasteiger partial charge in [-0.15, -0.1) is 0 Å². The smallest absolute Gasteiger partial charge is 0.0641 e. The molecule has 2 aromatic rings. The Morgan fingerprint density at radius 2 is 1.72 bits per heavy atom. The number of hydrogen-bond donors (Lipinski definition) is 0. The highest BCUT2D eigenvalue weighted by Crippen LogP contribution is 2.11. The number of aliphatic imine (C=N–C) groups is 1. The zero-order chi connectivity index (χ0) is 12.8. The van der Waals surface area contributed by atoms with Gasteiger partial charge in [0.1, 0.15) is 0 Å². The number of hydrogen-bond acceptors (Lipinski definition) is 3. The highest BCUT2D eigenvalue weighted by atomic mass is 15.1. The number of rotatable bonds is 4. The molecule has 1 aromatic carbocycles. The molecule has 0 amide bonds. The monoisotopic (exact) mass is 239 g/mol. The van der Waals surface area contributed by atoms with Gasteiger partial charge < -0.3 is 4.90 Å². The van der Waals surface area contributed by atoms with Crippen molar-refractivity contribution in [2.24, 2.45) is 4.99 Å². The van der Waals surface area contributed by atoms with Crippen molar-refractivity contribution >= 4 is 11.9 Å². The fourth-order valence-electron chi connectivity index (χ4n) is 1.60. The van der Waals surface area contributed by atoms with Crippen LogP contribution < -0.4 is 4.90 Å². The summed E-state index contributed by atoms with van der Waals surface area (Å²) in [6.45, 7) is 0.692. The molecule has 0 N–H and O–H groups in total. The van der Waals surface area contributed by atoms with Gasteiger partial charge in [0.25, 0.3) is 0 Å². The van der Waals surface area contributed by atoms with Crippen LogP contribution in [0, 0.1) is 0 Å². The number of pyridine rings is 1. The third kappa shape index (κ3) is 3.42. The average molecular weight is 239 g/mol. The Hall–Kier alpha value is -2.16. The number of benzene rings is 1. The van der Waals surface area contributed by atoms with E-state index in [1.165, 1.54) is 11.3 Å². The van der Waals surface area contributed by atoms with Crippen molar-refractivity contribution in [1.82, 2.24) is 4.98 Å². The molecule has 0 atom stereocenters. The van der Waals surface area contributed by atoms with Gasteiger partial charge >= 0.3 is 0 Å². The van der Waals surface area contributed by atoms with Gasteiger partial charge in [-0.3, -0.25) is 9.98 Å². The van der Waals surface area contributed by atoms with Crippen molar-refractivity contribution in [2.75, 3.05) is 19.0 Å². The maximum Gasteiger partial charge on any atom is 0.0641 e. The molecule has 0 fully saturated rings. The van der Waals surface area contributed by atoms with E-state index in [1.54, 1.807) is 12.4 Å². The van der Waals surface area contributed by atoms with Crippen LogP contribution in [0.25, 0.3) is 0 Å². The second kappa shape index (κ2) is 5.96. The van der Waals surface area contributed by atoms with Gasteiger partial charge in [-0.1, -0.05) is 12.1 Å². The van der Waals surface area contributed by atoms with Crippen molar-refractivity contribution in [3.05, 3.63) is 59.9 Å². The van der Waals surface area contributed by atoms with Crippen LogP contribution in [0.3, 0.4) is 0 Å². The molecule has 0 saturated carbocycles. The summed E-state index contributed by atoms with van der Waals surface area (Å²) in [4.78, 5) is 10.5. The molecular formula is C15H17N3. The predicted molar refractivity (Wildman–Crippen MR) is 76.3 cm³/mol. The normalized spacial score (nSPS) is 10.8. The van der Waals surface area contributed by atoms with Gasteiger partial charge in [-0.2, -0.15) is 0 Å². The van der Waals surface area contributed by atoms with Crippen molar-refractivity contribution in [2.45, 2.75) is 6.54 Å². The molecule has 0 aliphatic carbocycles. The van der Waals surface area contributed by atoms with Crippen LogP contribution in [0.5, 0.6) is 0 Å². The zero-order valence-electron chi connectivity index (χ0n) is 10.7. The summed E-state index contributed by atoms with van der Waals surface area (Å²) < 4.78 is 0. The van der Waals surface area contributed by atoms with Gasteiger partial charge in [0.05, 0.1) is 6.54 Å². The quantitative estimate of drug-likeness (QED) is 0.767. The molecule has 0 bridgehead atoms. The Balaban J connectivity index is 1.97. The summed E-state index contributed by atoms with van der Waals surface area (Å²) in [6, 6.07) is 12.3. The first-order valence-electron chi connectivity index (χ1n) is 5.92. The third-order valence-electron chi connectivity index (χ3n) is 2.67. The van der Waals surface area contributed by atoms with Crippen LogP contribution in [0.1, 0.15) is 11.1 Å².